The molecule has 1 fully saturated rings. The fourth-order valence-corrected chi connectivity index (χ4v) is 3.62. The molecule has 124 valence electrons. The smallest absolute Gasteiger partial charge is 0.382 e. The molecule has 0 aliphatic heterocycles. The van der Waals surface area contributed by atoms with Crippen molar-refractivity contribution in [2.75, 3.05) is 0 Å². The topological polar surface area (TPSA) is 38.0 Å². The molecule has 1 aromatic heterocycles. The van der Waals surface area contributed by atoms with Crippen LogP contribution in [0.25, 0.3) is 0 Å². The Morgan fingerprint density at radius 1 is 1.23 bits per heavy atom. The molecule has 2 aliphatic carbocycles. The monoisotopic (exact) mass is 324 g/mol. The van der Waals surface area contributed by atoms with Crippen molar-refractivity contribution in [2.24, 2.45) is 5.92 Å². The fraction of sp³-hybridized carbons (Fsp3) is 0.786. The first-order valence-electron chi connectivity index (χ1n) is 7.37. The van der Waals surface area contributed by atoms with Gasteiger partial charge in [-0.25, -0.2) is 8.78 Å². The Hall–Kier alpha value is -1.18. The molecule has 1 aromatic rings. The van der Waals surface area contributed by atoms with Crippen LogP contribution in [0.3, 0.4) is 0 Å². The molecule has 1 N–H and O–H groups in total. The predicted molar refractivity (Wildman–Crippen MR) is 67.5 cm³/mol. The van der Waals surface area contributed by atoms with Gasteiger partial charge in [0.1, 0.15) is 6.10 Å². The van der Waals surface area contributed by atoms with E-state index in [1.807, 2.05) is 6.92 Å². The summed E-state index contributed by atoms with van der Waals surface area (Å²) in [4.78, 5) is 0. The molecule has 22 heavy (non-hydrogen) atoms. The van der Waals surface area contributed by atoms with E-state index in [0.717, 1.165) is 23.9 Å². The molecule has 3 nitrogen and oxygen atoms in total. The van der Waals surface area contributed by atoms with Crippen molar-refractivity contribution in [3.8, 4) is 0 Å². The fourth-order valence-electron chi connectivity index (χ4n) is 3.62. The number of hydrogen-bond acceptors (Lipinski definition) is 2. The van der Waals surface area contributed by atoms with Crippen molar-refractivity contribution >= 4 is 0 Å². The van der Waals surface area contributed by atoms with Crippen LogP contribution in [-0.4, -0.2) is 20.8 Å². The lowest BCUT2D eigenvalue weighted by Gasteiger charge is -2.30. The van der Waals surface area contributed by atoms with E-state index in [1.165, 1.54) is 0 Å². The minimum Gasteiger partial charge on any atom is -0.382 e. The highest BCUT2D eigenvalue weighted by molar-refractivity contribution is 5.38. The Morgan fingerprint density at radius 2 is 1.86 bits per heavy atom. The second-order valence-electron chi connectivity index (χ2n) is 6.32. The molecular weight excluding hydrogens is 307 g/mol. The van der Waals surface area contributed by atoms with Crippen molar-refractivity contribution in [2.45, 2.75) is 63.3 Å². The van der Waals surface area contributed by atoms with Crippen LogP contribution in [0, 0.1) is 5.92 Å². The lowest BCUT2D eigenvalue weighted by Crippen LogP contribution is -2.27. The lowest BCUT2D eigenvalue weighted by molar-refractivity contribution is -0.146. The van der Waals surface area contributed by atoms with Crippen molar-refractivity contribution < 1.29 is 27.1 Å². The lowest BCUT2D eigenvalue weighted by atomic mass is 9.86. The number of aromatic nitrogens is 2. The van der Waals surface area contributed by atoms with Crippen LogP contribution in [-0.2, 0) is 12.6 Å². The summed E-state index contributed by atoms with van der Waals surface area (Å²) in [5.41, 5.74) is -2.27. The van der Waals surface area contributed by atoms with Gasteiger partial charge in [0, 0.05) is 5.56 Å². The first-order chi connectivity index (χ1) is 10.1. The zero-order chi connectivity index (χ0) is 16.3. The number of alkyl halides is 5. The highest BCUT2D eigenvalue weighted by Gasteiger charge is 2.55. The van der Waals surface area contributed by atoms with Gasteiger partial charge in [-0.3, -0.25) is 4.68 Å². The summed E-state index contributed by atoms with van der Waals surface area (Å²) in [6, 6.07) is -0.320. The molecule has 0 radical (unpaired) electrons. The maximum atomic E-state index is 13.7. The van der Waals surface area contributed by atoms with Crippen LogP contribution in [0.2, 0.25) is 0 Å². The average Bonchev–Trinajstić information content (AvgIpc) is 2.86. The van der Waals surface area contributed by atoms with Gasteiger partial charge in [-0.05, 0) is 18.8 Å². The molecular formula is C14H17F5N2O. The Balaban J connectivity index is 2.12. The van der Waals surface area contributed by atoms with Crippen LogP contribution in [0.4, 0.5) is 22.0 Å². The summed E-state index contributed by atoms with van der Waals surface area (Å²) < 4.78 is 67.9. The average molecular weight is 324 g/mol. The summed E-state index contributed by atoms with van der Waals surface area (Å²) in [6.07, 6.45) is -4.92. The van der Waals surface area contributed by atoms with Gasteiger partial charge in [0.25, 0.3) is 5.92 Å². The van der Waals surface area contributed by atoms with Gasteiger partial charge < -0.3 is 5.11 Å². The van der Waals surface area contributed by atoms with Crippen LogP contribution >= 0.6 is 0 Å². The van der Waals surface area contributed by atoms with Crippen molar-refractivity contribution in [1.82, 2.24) is 9.78 Å². The van der Waals surface area contributed by atoms with Gasteiger partial charge in [0.05, 0.1) is 18.2 Å². The number of fused-ring (bicyclic) bond motifs is 1. The van der Waals surface area contributed by atoms with E-state index in [2.05, 4.69) is 5.10 Å². The summed E-state index contributed by atoms with van der Waals surface area (Å²) in [5, 5.41) is 13.2. The molecule has 0 amide bonds. The summed E-state index contributed by atoms with van der Waals surface area (Å²) in [7, 11) is 0. The summed E-state index contributed by atoms with van der Waals surface area (Å²) in [5.74, 6) is -3.50. The zero-order valence-electron chi connectivity index (χ0n) is 12.0. The number of aliphatic hydroxyl groups is 1. The number of nitrogens with zero attached hydrogens (tertiary/aromatic N) is 2. The van der Waals surface area contributed by atoms with Crippen molar-refractivity contribution in [3.05, 3.63) is 17.0 Å². The molecule has 8 heteroatoms. The Labute approximate surface area is 124 Å². The molecule has 3 rings (SSSR count). The second kappa shape index (κ2) is 4.91. The molecule has 0 spiro atoms. The van der Waals surface area contributed by atoms with Gasteiger partial charge in [-0.2, -0.15) is 18.3 Å². The van der Waals surface area contributed by atoms with E-state index in [1.54, 1.807) is 0 Å². The Bertz CT molecular complexity index is 581. The van der Waals surface area contributed by atoms with E-state index >= 15 is 0 Å². The predicted octanol–water partition coefficient (Wildman–Crippen LogP) is 3.88. The van der Waals surface area contributed by atoms with Gasteiger partial charge in [0.2, 0.25) is 0 Å². The van der Waals surface area contributed by atoms with E-state index in [-0.39, 0.29) is 17.7 Å². The third-order valence-electron chi connectivity index (χ3n) is 4.78. The number of halogens is 5. The van der Waals surface area contributed by atoms with Gasteiger partial charge in [0.15, 0.2) is 5.69 Å². The Kier molecular flexibility index (Phi) is 3.50. The molecule has 1 saturated carbocycles. The molecule has 0 unspecified atom stereocenters. The number of hydrogen-bond donors (Lipinski definition) is 1. The zero-order valence-corrected chi connectivity index (χ0v) is 12.0. The van der Waals surface area contributed by atoms with Crippen LogP contribution in [0.1, 0.15) is 61.7 Å². The van der Waals surface area contributed by atoms with Crippen LogP contribution in [0.5, 0.6) is 0 Å². The minimum atomic E-state index is -4.85. The maximum Gasteiger partial charge on any atom is 0.435 e. The highest BCUT2D eigenvalue weighted by atomic mass is 19.4. The van der Waals surface area contributed by atoms with Gasteiger partial charge >= 0.3 is 6.18 Å². The van der Waals surface area contributed by atoms with Crippen LogP contribution < -0.4 is 0 Å². The van der Waals surface area contributed by atoms with Crippen molar-refractivity contribution in [1.29, 1.82) is 0 Å². The molecule has 0 aromatic carbocycles. The van der Waals surface area contributed by atoms with Gasteiger partial charge in [-0.1, -0.05) is 19.8 Å². The first kappa shape index (κ1) is 15.7. The standard InChI is InChI=1S/C14H17F5N2O/c1-7-4-2-3-5-8(7)21-9-6-13(15,16)12(22)10(9)11(20-21)14(17,18)19/h7-8,12,22H,2-6H2,1H3/t7-,8+,12+/m1/s1. The summed E-state index contributed by atoms with van der Waals surface area (Å²) in [6.45, 7) is 1.90. The highest BCUT2D eigenvalue weighted by Crippen LogP contribution is 2.50. The first-order valence-corrected chi connectivity index (χ1v) is 7.37. The van der Waals surface area contributed by atoms with E-state index in [4.69, 9.17) is 0 Å². The number of rotatable bonds is 1. The molecule has 0 bridgehead atoms. The SMILES string of the molecule is C[C@@H]1CCCC[C@@H]1n1nc(C(F)(F)F)c2c1CC(F)(F)[C@H]2O. The number of aliphatic hydroxyl groups excluding tert-OH is 1. The summed E-state index contributed by atoms with van der Waals surface area (Å²) >= 11 is 0. The minimum absolute atomic E-state index is 0.0743. The molecule has 3 atom stereocenters. The van der Waals surface area contributed by atoms with E-state index in [9.17, 15) is 27.1 Å². The van der Waals surface area contributed by atoms with Crippen LogP contribution in [0.15, 0.2) is 0 Å². The van der Waals surface area contributed by atoms with Gasteiger partial charge in [-0.15, -0.1) is 0 Å². The second-order valence-corrected chi connectivity index (χ2v) is 6.32. The Morgan fingerprint density at radius 3 is 2.45 bits per heavy atom. The maximum absolute atomic E-state index is 13.7. The quantitative estimate of drug-likeness (QED) is 0.796. The van der Waals surface area contributed by atoms with E-state index < -0.39 is 35.9 Å². The molecule has 2 aliphatic rings. The third-order valence-corrected chi connectivity index (χ3v) is 4.78. The normalized spacial score (nSPS) is 31.3. The van der Waals surface area contributed by atoms with Crippen molar-refractivity contribution in [3.63, 3.8) is 0 Å². The largest absolute Gasteiger partial charge is 0.435 e. The van der Waals surface area contributed by atoms with E-state index in [0.29, 0.717) is 6.42 Å². The third kappa shape index (κ3) is 2.31. The molecule has 1 heterocycles. The molecule has 0 saturated heterocycles.